The van der Waals surface area contributed by atoms with Gasteiger partial charge in [-0.2, -0.15) is 0 Å². The molecule has 0 heterocycles. The van der Waals surface area contributed by atoms with Crippen LogP contribution in [0, 0.1) is 0 Å². The van der Waals surface area contributed by atoms with E-state index in [0.29, 0.717) is 6.42 Å². The summed E-state index contributed by atoms with van der Waals surface area (Å²) in [5.74, 6) is -0.822. The third-order valence-corrected chi connectivity index (χ3v) is 11.3. The quantitative estimate of drug-likeness (QED) is 0.0266. The van der Waals surface area contributed by atoms with Crippen LogP contribution < -0.4 is 5.73 Å². The molecule has 336 valence electrons. The molecule has 0 spiro atoms. The molecule has 0 aliphatic heterocycles. The summed E-state index contributed by atoms with van der Waals surface area (Å²) in [4.78, 5) is 35.0. The summed E-state index contributed by atoms with van der Waals surface area (Å²) >= 11 is 0. The predicted octanol–water partition coefficient (Wildman–Crippen LogP) is 13.9. The van der Waals surface area contributed by atoms with Crippen LogP contribution in [0.2, 0.25) is 0 Å². The lowest BCUT2D eigenvalue weighted by Crippen LogP contribution is -2.29. The average Bonchev–Trinajstić information content (AvgIpc) is 3.20. The van der Waals surface area contributed by atoms with E-state index in [4.69, 9.17) is 24.3 Å². The van der Waals surface area contributed by atoms with E-state index in [-0.39, 0.29) is 38.6 Å². The van der Waals surface area contributed by atoms with Gasteiger partial charge in [0, 0.05) is 19.4 Å². The maximum atomic E-state index is 12.6. The monoisotopic (exact) mass is 828 g/mol. The van der Waals surface area contributed by atoms with Gasteiger partial charge in [-0.05, 0) is 44.9 Å². The molecule has 0 rings (SSSR count). The number of carbonyl (C=O) groups is 2. The van der Waals surface area contributed by atoms with Crippen LogP contribution in [0.3, 0.4) is 0 Å². The molecule has 0 bridgehead atoms. The minimum Gasteiger partial charge on any atom is -0.462 e. The summed E-state index contributed by atoms with van der Waals surface area (Å²) in [5, 5.41) is 0. The van der Waals surface area contributed by atoms with Gasteiger partial charge in [0.2, 0.25) is 0 Å². The summed E-state index contributed by atoms with van der Waals surface area (Å²) in [6.07, 6.45) is 47.8. The molecule has 0 saturated carbocycles. The Morgan fingerprint density at radius 2 is 0.912 bits per heavy atom. The van der Waals surface area contributed by atoms with Crippen LogP contribution >= 0.6 is 7.82 Å². The standard InChI is InChI=1S/C47H90NO8P/c1-3-5-7-9-11-13-15-17-19-20-21-22-23-24-26-28-30-32-34-36-38-40-47(50)56-45(44-55-57(51,52)54-42-41-48)43-53-46(49)39-37-35-33-31-29-27-25-18-16-14-12-10-8-6-4-2/h15,17,20-21,45H,3-14,16,18-19,22-44,48H2,1-2H3,(H,51,52)/b17-15-,21-20-. The molecule has 0 aliphatic rings. The van der Waals surface area contributed by atoms with E-state index in [0.717, 1.165) is 51.4 Å². The molecule has 0 fully saturated rings. The smallest absolute Gasteiger partial charge is 0.462 e. The second-order valence-corrected chi connectivity index (χ2v) is 17.4. The number of phosphoric acid groups is 1. The highest BCUT2D eigenvalue weighted by Gasteiger charge is 2.26. The van der Waals surface area contributed by atoms with Crippen molar-refractivity contribution in [3.05, 3.63) is 24.3 Å². The Hall–Kier alpha value is -1.51. The Morgan fingerprint density at radius 1 is 0.526 bits per heavy atom. The number of unbranched alkanes of at least 4 members (excludes halogenated alkanes) is 28. The zero-order valence-electron chi connectivity index (χ0n) is 37.1. The van der Waals surface area contributed by atoms with Gasteiger partial charge < -0.3 is 20.1 Å². The summed E-state index contributed by atoms with van der Waals surface area (Å²) in [6, 6.07) is 0. The van der Waals surface area contributed by atoms with Crippen molar-refractivity contribution in [1.82, 2.24) is 0 Å². The first-order chi connectivity index (χ1) is 27.8. The number of ether oxygens (including phenoxy) is 2. The van der Waals surface area contributed by atoms with E-state index >= 15 is 0 Å². The number of hydrogen-bond acceptors (Lipinski definition) is 8. The molecule has 2 unspecified atom stereocenters. The van der Waals surface area contributed by atoms with Crippen LogP contribution in [0.1, 0.15) is 232 Å². The topological polar surface area (TPSA) is 134 Å². The SMILES string of the molecule is CCCCCCC/C=C\C/C=C\CCCCCCCCCCCC(=O)OC(COC(=O)CCCCCCCCCCCCCCCCC)COP(=O)(O)OCCN. The van der Waals surface area contributed by atoms with Crippen molar-refractivity contribution in [2.75, 3.05) is 26.4 Å². The second-order valence-electron chi connectivity index (χ2n) is 16.0. The van der Waals surface area contributed by atoms with Crippen LogP contribution in [0.25, 0.3) is 0 Å². The number of hydrogen-bond donors (Lipinski definition) is 2. The highest BCUT2D eigenvalue weighted by atomic mass is 31.2. The molecular formula is C47H90NO8P. The maximum Gasteiger partial charge on any atom is 0.472 e. The number of nitrogens with two attached hydrogens (primary N) is 1. The fraction of sp³-hybridized carbons (Fsp3) is 0.872. The Kier molecular flexibility index (Phi) is 42.9. The third-order valence-electron chi connectivity index (χ3n) is 10.3. The normalized spacial score (nSPS) is 13.4. The third kappa shape index (κ3) is 43.9. The van der Waals surface area contributed by atoms with Gasteiger partial charge in [-0.3, -0.25) is 18.6 Å². The molecule has 0 aromatic carbocycles. The van der Waals surface area contributed by atoms with Crippen molar-refractivity contribution in [2.24, 2.45) is 5.73 Å². The number of esters is 2. The summed E-state index contributed by atoms with van der Waals surface area (Å²) in [5.41, 5.74) is 5.36. The number of allylic oxidation sites excluding steroid dienone is 4. The molecule has 9 nitrogen and oxygen atoms in total. The Morgan fingerprint density at radius 3 is 1.33 bits per heavy atom. The van der Waals surface area contributed by atoms with Gasteiger partial charge >= 0.3 is 19.8 Å². The van der Waals surface area contributed by atoms with Crippen LogP contribution in [-0.4, -0.2) is 49.3 Å². The van der Waals surface area contributed by atoms with Crippen molar-refractivity contribution in [2.45, 2.75) is 238 Å². The summed E-state index contributed by atoms with van der Waals surface area (Å²) in [7, 11) is -4.38. The molecule has 2 atom stereocenters. The lowest BCUT2D eigenvalue weighted by Gasteiger charge is -2.19. The highest BCUT2D eigenvalue weighted by Crippen LogP contribution is 2.43. The van der Waals surface area contributed by atoms with Gasteiger partial charge in [0.25, 0.3) is 0 Å². The molecule has 0 aliphatic carbocycles. The maximum absolute atomic E-state index is 12.6. The van der Waals surface area contributed by atoms with E-state index in [1.54, 1.807) is 0 Å². The van der Waals surface area contributed by atoms with Crippen LogP contribution in [0.4, 0.5) is 0 Å². The molecular weight excluding hydrogens is 737 g/mol. The largest absolute Gasteiger partial charge is 0.472 e. The van der Waals surface area contributed by atoms with Crippen LogP contribution in [0.15, 0.2) is 24.3 Å². The van der Waals surface area contributed by atoms with Gasteiger partial charge in [-0.25, -0.2) is 4.57 Å². The molecule has 0 aromatic heterocycles. The Labute approximate surface area is 351 Å². The molecule has 0 amide bonds. The van der Waals surface area contributed by atoms with Crippen molar-refractivity contribution in [1.29, 1.82) is 0 Å². The lowest BCUT2D eigenvalue weighted by molar-refractivity contribution is -0.161. The van der Waals surface area contributed by atoms with E-state index in [2.05, 4.69) is 38.2 Å². The molecule has 57 heavy (non-hydrogen) atoms. The van der Waals surface area contributed by atoms with Gasteiger partial charge in [0.1, 0.15) is 6.61 Å². The van der Waals surface area contributed by atoms with E-state index in [9.17, 15) is 19.0 Å². The predicted molar refractivity (Wildman–Crippen MR) is 238 cm³/mol. The number of carbonyl (C=O) groups excluding carboxylic acids is 2. The van der Waals surface area contributed by atoms with Gasteiger partial charge in [-0.15, -0.1) is 0 Å². The van der Waals surface area contributed by atoms with Crippen LogP contribution in [0.5, 0.6) is 0 Å². The number of phosphoric ester groups is 1. The van der Waals surface area contributed by atoms with Crippen molar-refractivity contribution in [3.8, 4) is 0 Å². The number of rotatable bonds is 45. The first kappa shape index (κ1) is 55.5. The van der Waals surface area contributed by atoms with Gasteiger partial charge in [-0.1, -0.05) is 199 Å². The van der Waals surface area contributed by atoms with Crippen molar-refractivity contribution in [3.63, 3.8) is 0 Å². The lowest BCUT2D eigenvalue weighted by atomic mass is 10.0. The molecule has 0 radical (unpaired) electrons. The minimum absolute atomic E-state index is 0.0545. The van der Waals surface area contributed by atoms with Gasteiger partial charge in [0.05, 0.1) is 13.2 Å². The minimum atomic E-state index is -4.38. The van der Waals surface area contributed by atoms with Crippen molar-refractivity contribution < 1.29 is 37.6 Å². The fourth-order valence-electron chi connectivity index (χ4n) is 6.78. The zero-order valence-corrected chi connectivity index (χ0v) is 38.0. The highest BCUT2D eigenvalue weighted by molar-refractivity contribution is 7.47. The second kappa shape index (κ2) is 44.1. The Balaban J connectivity index is 4.07. The summed E-state index contributed by atoms with van der Waals surface area (Å²) in [6.45, 7) is 3.75. The molecule has 10 heteroatoms. The first-order valence-corrected chi connectivity index (χ1v) is 25.3. The average molecular weight is 828 g/mol. The van der Waals surface area contributed by atoms with E-state index in [1.807, 2.05) is 0 Å². The van der Waals surface area contributed by atoms with E-state index < -0.39 is 26.5 Å². The van der Waals surface area contributed by atoms with Crippen LogP contribution in [-0.2, 0) is 32.7 Å². The molecule has 0 saturated heterocycles. The molecule has 3 N–H and O–H groups in total. The molecule has 0 aromatic rings. The van der Waals surface area contributed by atoms with Crippen molar-refractivity contribution >= 4 is 19.8 Å². The summed E-state index contributed by atoms with van der Waals surface area (Å²) < 4.78 is 32.9. The van der Waals surface area contributed by atoms with Gasteiger partial charge in [0.15, 0.2) is 6.10 Å². The zero-order chi connectivity index (χ0) is 41.8. The first-order valence-electron chi connectivity index (χ1n) is 23.8. The Bertz CT molecular complexity index is 990. The van der Waals surface area contributed by atoms with E-state index in [1.165, 1.54) is 148 Å². The fourth-order valence-corrected chi connectivity index (χ4v) is 7.55.